The molecule has 11 heteroatoms. The van der Waals surface area contributed by atoms with Crippen molar-refractivity contribution in [2.24, 2.45) is 5.73 Å². The molecule has 0 unspecified atom stereocenters. The van der Waals surface area contributed by atoms with E-state index in [1.54, 1.807) is 30.3 Å². The zero-order chi connectivity index (χ0) is 26.7. The van der Waals surface area contributed by atoms with E-state index in [1.807, 2.05) is 30.3 Å². The molecule has 0 aromatic heterocycles. The standard InChI is InChI=1S/C25H30N4O7/c1-15(27-23(33)18(26)12-16-8-4-2-5-9-16)22(32)28-19(13-17-10-6-3-7-11-17)24(34)29-20(25(35)36)14-21(30)31/h2-11,15,18-20H,12-14,26H2,1H3,(H,27,33)(H,28,32)(H,29,34)(H,30,31)(H,35,36)/t15-,18-,19-,20-/m0/s1. The first kappa shape index (κ1) is 28.0. The highest BCUT2D eigenvalue weighted by atomic mass is 16.4. The van der Waals surface area contributed by atoms with Crippen LogP contribution in [0.15, 0.2) is 60.7 Å². The van der Waals surface area contributed by atoms with Crippen LogP contribution in [0.25, 0.3) is 0 Å². The van der Waals surface area contributed by atoms with Crippen molar-refractivity contribution in [1.82, 2.24) is 16.0 Å². The van der Waals surface area contributed by atoms with Crippen LogP contribution in [0.5, 0.6) is 0 Å². The van der Waals surface area contributed by atoms with Gasteiger partial charge < -0.3 is 31.9 Å². The van der Waals surface area contributed by atoms with Crippen molar-refractivity contribution in [1.29, 1.82) is 0 Å². The van der Waals surface area contributed by atoms with E-state index in [1.165, 1.54) is 6.92 Å². The summed E-state index contributed by atoms with van der Waals surface area (Å²) in [7, 11) is 0. The molecule has 11 nitrogen and oxygen atoms in total. The van der Waals surface area contributed by atoms with E-state index >= 15 is 0 Å². The lowest BCUT2D eigenvalue weighted by Gasteiger charge is -2.23. The summed E-state index contributed by atoms with van der Waals surface area (Å²) in [5.41, 5.74) is 7.48. The summed E-state index contributed by atoms with van der Waals surface area (Å²) in [4.78, 5) is 60.5. The van der Waals surface area contributed by atoms with Crippen molar-refractivity contribution < 1.29 is 34.2 Å². The Labute approximate surface area is 208 Å². The molecule has 36 heavy (non-hydrogen) atoms. The van der Waals surface area contributed by atoms with E-state index in [-0.39, 0.29) is 12.8 Å². The fourth-order valence-corrected chi connectivity index (χ4v) is 3.35. The summed E-state index contributed by atoms with van der Waals surface area (Å²) in [5, 5.41) is 25.3. The van der Waals surface area contributed by atoms with E-state index in [2.05, 4.69) is 16.0 Å². The minimum Gasteiger partial charge on any atom is -0.481 e. The Morgan fingerprint density at radius 2 is 1.22 bits per heavy atom. The normalized spacial score (nSPS) is 13.9. The first-order valence-corrected chi connectivity index (χ1v) is 11.3. The minimum atomic E-state index is -1.68. The van der Waals surface area contributed by atoms with Crippen LogP contribution in [0.4, 0.5) is 0 Å². The molecule has 0 spiro atoms. The molecule has 2 rings (SSSR count). The second-order valence-corrected chi connectivity index (χ2v) is 8.27. The molecule has 3 amide bonds. The number of nitrogens with one attached hydrogen (secondary N) is 3. The second kappa shape index (κ2) is 13.6. The maximum absolute atomic E-state index is 12.8. The van der Waals surface area contributed by atoms with Gasteiger partial charge in [-0.15, -0.1) is 0 Å². The van der Waals surface area contributed by atoms with Gasteiger partial charge in [0.25, 0.3) is 0 Å². The third-order valence-corrected chi connectivity index (χ3v) is 5.30. The minimum absolute atomic E-state index is 0.00596. The lowest BCUT2D eigenvalue weighted by Crippen LogP contribution is -2.57. The molecule has 0 aliphatic carbocycles. The van der Waals surface area contributed by atoms with Crippen molar-refractivity contribution in [2.75, 3.05) is 0 Å². The lowest BCUT2D eigenvalue weighted by atomic mass is 10.0. The van der Waals surface area contributed by atoms with Crippen molar-refractivity contribution in [3.63, 3.8) is 0 Å². The monoisotopic (exact) mass is 498 g/mol. The first-order valence-electron chi connectivity index (χ1n) is 11.3. The molecule has 0 bridgehead atoms. The van der Waals surface area contributed by atoms with E-state index in [9.17, 15) is 29.1 Å². The molecule has 7 N–H and O–H groups in total. The summed E-state index contributed by atoms with van der Waals surface area (Å²) >= 11 is 0. The van der Waals surface area contributed by atoms with Gasteiger partial charge in [0, 0.05) is 6.42 Å². The molecule has 4 atom stereocenters. The summed E-state index contributed by atoms with van der Waals surface area (Å²) in [5.74, 6) is -5.06. The van der Waals surface area contributed by atoms with Crippen molar-refractivity contribution in [2.45, 2.75) is 50.4 Å². The van der Waals surface area contributed by atoms with E-state index < -0.39 is 60.2 Å². The molecule has 0 saturated carbocycles. The molecule has 2 aromatic rings. The van der Waals surface area contributed by atoms with Gasteiger partial charge in [-0.3, -0.25) is 19.2 Å². The topological polar surface area (TPSA) is 188 Å². The van der Waals surface area contributed by atoms with Gasteiger partial charge in [-0.2, -0.15) is 0 Å². The number of carboxylic acid groups (broad SMARTS) is 2. The molecule has 0 saturated heterocycles. The third kappa shape index (κ3) is 9.18. The molecule has 0 radical (unpaired) electrons. The van der Waals surface area contributed by atoms with Crippen molar-refractivity contribution >= 4 is 29.7 Å². The predicted octanol–water partition coefficient (Wildman–Crippen LogP) is -0.167. The van der Waals surface area contributed by atoms with E-state index in [0.717, 1.165) is 5.56 Å². The quantitative estimate of drug-likeness (QED) is 0.219. The van der Waals surface area contributed by atoms with Crippen LogP contribution in [0.1, 0.15) is 24.5 Å². The number of aliphatic carboxylic acids is 2. The van der Waals surface area contributed by atoms with Crippen molar-refractivity contribution in [3.05, 3.63) is 71.8 Å². The van der Waals surface area contributed by atoms with E-state index in [4.69, 9.17) is 10.8 Å². The predicted molar refractivity (Wildman–Crippen MR) is 130 cm³/mol. The number of amides is 3. The van der Waals surface area contributed by atoms with Crippen LogP contribution in [0.3, 0.4) is 0 Å². The largest absolute Gasteiger partial charge is 0.481 e. The molecule has 0 aliphatic rings. The van der Waals surface area contributed by atoms with Crippen LogP contribution in [0.2, 0.25) is 0 Å². The Morgan fingerprint density at radius 3 is 1.72 bits per heavy atom. The molecule has 0 heterocycles. The Balaban J connectivity index is 2.07. The fraction of sp³-hybridized carbons (Fsp3) is 0.320. The van der Waals surface area contributed by atoms with Crippen LogP contribution >= 0.6 is 0 Å². The van der Waals surface area contributed by atoms with Crippen LogP contribution in [-0.4, -0.2) is 64.0 Å². The smallest absolute Gasteiger partial charge is 0.326 e. The number of hydrogen-bond donors (Lipinski definition) is 6. The summed E-state index contributed by atoms with van der Waals surface area (Å²) < 4.78 is 0. The van der Waals surface area contributed by atoms with Crippen LogP contribution < -0.4 is 21.7 Å². The van der Waals surface area contributed by atoms with Gasteiger partial charge in [0.15, 0.2) is 0 Å². The second-order valence-electron chi connectivity index (χ2n) is 8.27. The maximum atomic E-state index is 12.8. The highest BCUT2D eigenvalue weighted by Crippen LogP contribution is 2.06. The average molecular weight is 499 g/mol. The number of benzene rings is 2. The Kier molecular flexibility index (Phi) is 10.6. The van der Waals surface area contributed by atoms with Gasteiger partial charge in [0.05, 0.1) is 12.5 Å². The Bertz CT molecular complexity index is 1060. The highest BCUT2D eigenvalue weighted by Gasteiger charge is 2.30. The summed E-state index contributed by atoms with van der Waals surface area (Å²) in [6.07, 6.45) is -0.564. The van der Waals surface area contributed by atoms with Gasteiger partial charge in [0.2, 0.25) is 17.7 Å². The van der Waals surface area contributed by atoms with Gasteiger partial charge in [-0.25, -0.2) is 4.79 Å². The third-order valence-electron chi connectivity index (χ3n) is 5.30. The summed E-state index contributed by atoms with van der Waals surface area (Å²) in [6, 6.07) is 12.9. The molecule has 192 valence electrons. The zero-order valence-corrected chi connectivity index (χ0v) is 19.7. The zero-order valence-electron chi connectivity index (χ0n) is 19.7. The fourth-order valence-electron chi connectivity index (χ4n) is 3.35. The first-order chi connectivity index (χ1) is 17.1. The number of rotatable bonds is 13. The number of carbonyl (C=O) groups is 5. The number of carboxylic acids is 2. The molecular formula is C25H30N4O7. The molecule has 2 aromatic carbocycles. The number of hydrogen-bond acceptors (Lipinski definition) is 6. The SMILES string of the molecule is C[C@H](NC(=O)[C@@H](N)Cc1ccccc1)C(=O)N[C@@H](Cc1ccccc1)C(=O)N[C@@H](CC(=O)O)C(=O)O. The molecular weight excluding hydrogens is 468 g/mol. The van der Waals surface area contributed by atoms with Gasteiger partial charge >= 0.3 is 11.9 Å². The highest BCUT2D eigenvalue weighted by molar-refractivity contribution is 5.94. The van der Waals surface area contributed by atoms with Gasteiger partial charge in [-0.1, -0.05) is 60.7 Å². The lowest BCUT2D eigenvalue weighted by molar-refractivity contribution is -0.147. The summed E-state index contributed by atoms with van der Waals surface area (Å²) in [6.45, 7) is 1.42. The molecule has 0 aliphatic heterocycles. The Morgan fingerprint density at radius 1 is 0.722 bits per heavy atom. The Hall–Kier alpha value is -4.25. The maximum Gasteiger partial charge on any atom is 0.326 e. The number of carbonyl (C=O) groups excluding carboxylic acids is 3. The van der Waals surface area contributed by atoms with Crippen LogP contribution in [-0.2, 0) is 36.8 Å². The average Bonchev–Trinajstić information content (AvgIpc) is 2.83. The van der Waals surface area contributed by atoms with Gasteiger partial charge in [-0.05, 0) is 24.5 Å². The van der Waals surface area contributed by atoms with Crippen LogP contribution in [0, 0.1) is 0 Å². The van der Waals surface area contributed by atoms with Gasteiger partial charge in [0.1, 0.15) is 18.1 Å². The number of nitrogens with two attached hydrogens (primary N) is 1. The van der Waals surface area contributed by atoms with E-state index in [0.29, 0.717) is 5.56 Å². The van der Waals surface area contributed by atoms with Crippen molar-refractivity contribution in [3.8, 4) is 0 Å². The molecule has 0 fully saturated rings.